The lowest BCUT2D eigenvalue weighted by atomic mass is 9.98. The minimum absolute atomic E-state index is 0.323. The van der Waals surface area contributed by atoms with Gasteiger partial charge in [0.05, 0.1) is 6.04 Å². The maximum absolute atomic E-state index is 5.94. The Hall–Kier alpha value is -1.82. The number of benzene rings is 1. The van der Waals surface area contributed by atoms with E-state index in [4.69, 9.17) is 28.9 Å². The van der Waals surface area contributed by atoms with Crippen molar-refractivity contribution in [2.24, 2.45) is 5.84 Å². The number of nitrogen functional groups attached to an aromatic ring is 2. The molecule has 2 rings (SSSR count). The number of hydrogen-bond donors (Lipinski definition) is 4. The number of rotatable bonds is 3. The van der Waals surface area contributed by atoms with Crippen molar-refractivity contribution >= 4 is 23.0 Å². The van der Waals surface area contributed by atoms with E-state index in [0.717, 1.165) is 11.1 Å². The van der Waals surface area contributed by atoms with Crippen LogP contribution in [0.15, 0.2) is 36.7 Å². The second kappa shape index (κ2) is 5.22. The summed E-state index contributed by atoms with van der Waals surface area (Å²) in [6.07, 6.45) is 3.28. The summed E-state index contributed by atoms with van der Waals surface area (Å²) in [5.41, 5.74) is 17.3. The second-order valence-corrected chi connectivity index (χ2v) is 4.31. The third-order valence-corrected chi connectivity index (χ3v) is 2.96. The van der Waals surface area contributed by atoms with Crippen LogP contribution in [0.3, 0.4) is 0 Å². The van der Waals surface area contributed by atoms with Crippen molar-refractivity contribution in [2.45, 2.75) is 6.04 Å². The zero-order chi connectivity index (χ0) is 13.1. The molecule has 1 unspecified atom stereocenters. The fourth-order valence-electron chi connectivity index (χ4n) is 1.81. The smallest absolute Gasteiger partial charge is 0.0765 e. The van der Waals surface area contributed by atoms with E-state index in [1.54, 1.807) is 30.6 Å². The van der Waals surface area contributed by atoms with Crippen LogP contribution >= 0.6 is 11.6 Å². The Morgan fingerprint density at radius 3 is 2.50 bits per heavy atom. The zero-order valence-corrected chi connectivity index (χ0v) is 10.4. The minimum Gasteiger partial charge on any atom is -0.398 e. The Balaban J connectivity index is 2.49. The minimum atomic E-state index is -0.323. The molecule has 18 heavy (non-hydrogen) atoms. The topological polar surface area (TPSA) is 103 Å². The zero-order valence-electron chi connectivity index (χ0n) is 9.60. The number of anilines is 2. The van der Waals surface area contributed by atoms with Gasteiger partial charge in [-0.25, -0.2) is 5.43 Å². The summed E-state index contributed by atoms with van der Waals surface area (Å²) in [5, 5.41) is 0.575. The van der Waals surface area contributed by atoms with Crippen molar-refractivity contribution in [3.05, 3.63) is 52.8 Å². The fourth-order valence-corrected chi connectivity index (χ4v) is 1.99. The number of nitrogens with zero attached hydrogens (tertiary/aromatic N) is 1. The molecule has 0 saturated carbocycles. The average Bonchev–Trinajstić information content (AvgIpc) is 2.34. The van der Waals surface area contributed by atoms with Crippen molar-refractivity contribution < 1.29 is 0 Å². The Kier molecular flexibility index (Phi) is 3.66. The molecule has 7 N–H and O–H groups in total. The molecule has 0 aliphatic heterocycles. The lowest BCUT2D eigenvalue weighted by molar-refractivity contribution is 0.638. The van der Waals surface area contributed by atoms with E-state index in [0.29, 0.717) is 16.4 Å². The first-order valence-electron chi connectivity index (χ1n) is 5.34. The largest absolute Gasteiger partial charge is 0.398 e. The summed E-state index contributed by atoms with van der Waals surface area (Å²) in [5.74, 6) is 5.59. The van der Waals surface area contributed by atoms with Gasteiger partial charge in [-0.1, -0.05) is 17.7 Å². The number of aromatic nitrogens is 1. The van der Waals surface area contributed by atoms with E-state index < -0.39 is 0 Å². The van der Waals surface area contributed by atoms with Crippen molar-refractivity contribution in [3.8, 4) is 0 Å². The first-order chi connectivity index (χ1) is 8.63. The second-order valence-electron chi connectivity index (χ2n) is 3.88. The Labute approximate surface area is 110 Å². The predicted octanol–water partition coefficient (Wildman–Crippen LogP) is 1.45. The summed E-state index contributed by atoms with van der Waals surface area (Å²) < 4.78 is 0. The van der Waals surface area contributed by atoms with Crippen LogP contribution in [0.2, 0.25) is 5.02 Å². The summed E-state index contributed by atoms with van der Waals surface area (Å²) in [6, 6.07) is 6.63. The van der Waals surface area contributed by atoms with Crippen LogP contribution in [0.4, 0.5) is 11.4 Å². The molecule has 0 saturated heterocycles. The highest BCUT2D eigenvalue weighted by Gasteiger charge is 2.17. The number of pyridine rings is 1. The van der Waals surface area contributed by atoms with Crippen molar-refractivity contribution in [1.29, 1.82) is 0 Å². The van der Waals surface area contributed by atoms with Crippen molar-refractivity contribution in [1.82, 2.24) is 10.4 Å². The maximum atomic E-state index is 5.94. The van der Waals surface area contributed by atoms with E-state index in [2.05, 4.69) is 10.4 Å². The molecule has 0 amide bonds. The molecule has 1 aromatic carbocycles. The molecule has 1 aromatic heterocycles. The van der Waals surface area contributed by atoms with Gasteiger partial charge < -0.3 is 11.5 Å². The molecule has 6 heteroatoms. The van der Waals surface area contributed by atoms with Gasteiger partial charge in [0.2, 0.25) is 0 Å². The van der Waals surface area contributed by atoms with Gasteiger partial charge in [0.25, 0.3) is 0 Å². The standard InChI is InChI=1S/C12H14ClN5/c13-7-1-2-8(11(15)5-7)12(18-16)9-6-17-4-3-10(9)14/h1-6,12,18H,15-16H2,(H2,14,17). The Bertz CT molecular complexity index is 558. The van der Waals surface area contributed by atoms with E-state index in [-0.39, 0.29) is 6.04 Å². The lowest BCUT2D eigenvalue weighted by Crippen LogP contribution is -2.30. The first kappa shape index (κ1) is 12.6. The van der Waals surface area contributed by atoms with E-state index in [1.807, 2.05) is 6.07 Å². The van der Waals surface area contributed by atoms with Crippen LogP contribution in [0, 0.1) is 0 Å². The maximum Gasteiger partial charge on any atom is 0.0765 e. The highest BCUT2D eigenvalue weighted by atomic mass is 35.5. The quantitative estimate of drug-likeness (QED) is 0.381. The van der Waals surface area contributed by atoms with Gasteiger partial charge in [-0.15, -0.1) is 0 Å². The first-order valence-corrected chi connectivity index (χ1v) is 5.71. The SMILES string of the molecule is NNC(c1ccc(Cl)cc1N)c1cnccc1N. The molecule has 1 heterocycles. The van der Waals surface area contributed by atoms with Crippen molar-refractivity contribution in [3.63, 3.8) is 0 Å². The van der Waals surface area contributed by atoms with Gasteiger partial charge in [-0.3, -0.25) is 10.8 Å². The lowest BCUT2D eigenvalue weighted by Gasteiger charge is -2.20. The van der Waals surface area contributed by atoms with Crippen LogP contribution in [0.5, 0.6) is 0 Å². The highest BCUT2D eigenvalue weighted by Crippen LogP contribution is 2.30. The van der Waals surface area contributed by atoms with E-state index >= 15 is 0 Å². The molecule has 94 valence electrons. The summed E-state index contributed by atoms with van der Waals surface area (Å²) >= 11 is 5.87. The van der Waals surface area contributed by atoms with E-state index in [9.17, 15) is 0 Å². The highest BCUT2D eigenvalue weighted by molar-refractivity contribution is 6.30. The Morgan fingerprint density at radius 2 is 1.89 bits per heavy atom. The molecule has 1 atom stereocenters. The molecule has 0 bridgehead atoms. The number of nitrogens with two attached hydrogens (primary N) is 3. The van der Waals surface area contributed by atoms with E-state index in [1.165, 1.54) is 0 Å². The molecule has 5 nitrogen and oxygen atoms in total. The van der Waals surface area contributed by atoms with Gasteiger partial charge in [-0.2, -0.15) is 0 Å². The van der Waals surface area contributed by atoms with Gasteiger partial charge >= 0.3 is 0 Å². The summed E-state index contributed by atoms with van der Waals surface area (Å²) in [6.45, 7) is 0. The number of halogens is 1. The fraction of sp³-hybridized carbons (Fsp3) is 0.0833. The third-order valence-electron chi connectivity index (χ3n) is 2.72. The number of nitrogens with one attached hydrogen (secondary N) is 1. The molecular weight excluding hydrogens is 250 g/mol. The molecule has 2 aromatic rings. The molecular formula is C12H14ClN5. The van der Waals surface area contributed by atoms with Gasteiger partial charge in [0, 0.05) is 34.4 Å². The van der Waals surface area contributed by atoms with Crippen LogP contribution in [-0.4, -0.2) is 4.98 Å². The molecule has 0 radical (unpaired) electrons. The molecule has 0 fully saturated rings. The number of hydrogen-bond acceptors (Lipinski definition) is 5. The Morgan fingerprint density at radius 1 is 1.11 bits per heavy atom. The average molecular weight is 264 g/mol. The van der Waals surface area contributed by atoms with Crippen LogP contribution in [-0.2, 0) is 0 Å². The molecule has 0 aliphatic carbocycles. The third kappa shape index (κ3) is 2.38. The number of hydrazine groups is 1. The van der Waals surface area contributed by atoms with Crippen LogP contribution in [0.25, 0.3) is 0 Å². The molecule has 0 aliphatic rings. The van der Waals surface area contributed by atoms with Crippen LogP contribution < -0.4 is 22.7 Å². The molecule has 0 spiro atoms. The normalized spacial score (nSPS) is 12.3. The van der Waals surface area contributed by atoms with Gasteiger partial charge in [0.15, 0.2) is 0 Å². The van der Waals surface area contributed by atoms with Gasteiger partial charge in [0.1, 0.15) is 0 Å². The monoisotopic (exact) mass is 263 g/mol. The van der Waals surface area contributed by atoms with Crippen molar-refractivity contribution in [2.75, 3.05) is 11.5 Å². The predicted molar refractivity (Wildman–Crippen MR) is 73.7 cm³/mol. The summed E-state index contributed by atoms with van der Waals surface area (Å²) in [7, 11) is 0. The van der Waals surface area contributed by atoms with Crippen LogP contribution in [0.1, 0.15) is 17.2 Å². The summed E-state index contributed by atoms with van der Waals surface area (Å²) in [4.78, 5) is 4.04. The van der Waals surface area contributed by atoms with Gasteiger partial charge in [-0.05, 0) is 23.8 Å².